The van der Waals surface area contributed by atoms with Crippen molar-refractivity contribution in [1.29, 1.82) is 0 Å². The molecule has 0 aromatic heterocycles. The molecular weight excluding hydrogens is 260 g/mol. The molecule has 1 aromatic carbocycles. The number of carbonyl (C=O) groups is 1. The first-order valence-corrected chi connectivity index (χ1v) is 8.07. The molecule has 116 valence electrons. The monoisotopic (exact) mass is 288 g/mol. The minimum absolute atomic E-state index is 0.0661. The van der Waals surface area contributed by atoms with E-state index in [1.54, 1.807) is 0 Å². The van der Waals surface area contributed by atoms with Gasteiger partial charge in [-0.25, -0.2) is 0 Å². The van der Waals surface area contributed by atoms with E-state index in [1.807, 2.05) is 0 Å². The molecule has 1 aliphatic heterocycles. The fourth-order valence-corrected chi connectivity index (χ4v) is 3.39. The minimum atomic E-state index is -0.182. The number of amides is 1. The lowest BCUT2D eigenvalue weighted by atomic mass is 9.75. The van der Waals surface area contributed by atoms with Crippen LogP contribution in [0, 0.1) is 19.3 Å². The smallest absolute Gasteiger partial charge is 0.226 e. The summed E-state index contributed by atoms with van der Waals surface area (Å²) < 4.78 is 0. The molecule has 1 heterocycles. The zero-order valence-corrected chi connectivity index (χ0v) is 13.8. The van der Waals surface area contributed by atoms with Crippen molar-refractivity contribution in [3.63, 3.8) is 0 Å². The number of aryl methyl sites for hydroxylation is 2. The summed E-state index contributed by atoms with van der Waals surface area (Å²) >= 11 is 0. The Hall–Kier alpha value is -1.35. The normalized spacial score (nSPS) is 19.0. The van der Waals surface area contributed by atoms with Gasteiger partial charge in [0.05, 0.1) is 11.5 Å². The lowest BCUT2D eigenvalue weighted by Crippen LogP contribution is -2.47. The van der Waals surface area contributed by atoms with Crippen molar-refractivity contribution < 1.29 is 4.79 Å². The highest BCUT2D eigenvalue weighted by molar-refractivity contribution is 5.83. The lowest BCUT2D eigenvalue weighted by molar-refractivity contribution is -0.133. The van der Waals surface area contributed by atoms with Gasteiger partial charge in [0, 0.05) is 0 Å². The van der Waals surface area contributed by atoms with Crippen LogP contribution >= 0.6 is 0 Å². The Morgan fingerprint density at radius 1 is 1.33 bits per heavy atom. The molecule has 0 aliphatic carbocycles. The predicted octanol–water partition coefficient (Wildman–Crippen LogP) is 3.26. The molecule has 0 saturated carbocycles. The third kappa shape index (κ3) is 3.46. The zero-order chi connectivity index (χ0) is 15.5. The Labute approximate surface area is 128 Å². The Morgan fingerprint density at radius 3 is 2.57 bits per heavy atom. The molecule has 0 spiro atoms. The van der Waals surface area contributed by atoms with E-state index in [4.69, 9.17) is 0 Å². The summed E-state index contributed by atoms with van der Waals surface area (Å²) in [4.78, 5) is 12.8. The maximum Gasteiger partial charge on any atom is 0.226 e. The highest BCUT2D eigenvalue weighted by atomic mass is 16.2. The summed E-state index contributed by atoms with van der Waals surface area (Å²) in [5.41, 5.74) is 3.55. The maximum atomic E-state index is 12.8. The molecule has 3 heteroatoms. The topological polar surface area (TPSA) is 41.1 Å². The van der Waals surface area contributed by atoms with Crippen LogP contribution in [0.2, 0.25) is 0 Å². The van der Waals surface area contributed by atoms with Gasteiger partial charge in [0.15, 0.2) is 0 Å². The third-order valence-electron chi connectivity index (χ3n) is 4.96. The van der Waals surface area contributed by atoms with E-state index in [1.165, 1.54) is 16.7 Å². The highest BCUT2D eigenvalue weighted by Crippen LogP contribution is 2.33. The van der Waals surface area contributed by atoms with Gasteiger partial charge in [-0.1, -0.05) is 30.7 Å². The molecular formula is C18H28N2O. The maximum absolute atomic E-state index is 12.8. The van der Waals surface area contributed by atoms with Crippen LogP contribution in [0.3, 0.4) is 0 Å². The zero-order valence-electron chi connectivity index (χ0n) is 13.8. The van der Waals surface area contributed by atoms with Gasteiger partial charge in [0.25, 0.3) is 0 Å². The van der Waals surface area contributed by atoms with Crippen LogP contribution < -0.4 is 10.6 Å². The second kappa shape index (κ2) is 6.61. The fourth-order valence-electron chi connectivity index (χ4n) is 3.39. The molecule has 0 radical (unpaired) electrons. The quantitative estimate of drug-likeness (QED) is 0.893. The minimum Gasteiger partial charge on any atom is -0.349 e. The number of hydrogen-bond donors (Lipinski definition) is 2. The van der Waals surface area contributed by atoms with E-state index in [2.05, 4.69) is 56.5 Å². The van der Waals surface area contributed by atoms with Gasteiger partial charge in [-0.2, -0.15) is 0 Å². The molecule has 2 rings (SSSR count). The van der Waals surface area contributed by atoms with Crippen molar-refractivity contribution in [3.8, 4) is 0 Å². The van der Waals surface area contributed by atoms with E-state index >= 15 is 0 Å². The van der Waals surface area contributed by atoms with Crippen molar-refractivity contribution in [2.75, 3.05) is 13.1 Å². The van der Waals surface area contributed by atoms with E-state index in [9.17, 15) is 4.79 Å². The van der Waals surface area contributed by atoms with Crippen LogP contribution in [0.4, 0.5) is 0 Å². The molecule has 21 heavy (non-hydrogen) atoms. The Bertz CT molecular complexity index is 504. The second-order valence-electron chi connectivity index (χ2n) is 6.44. The number of nitrogens with one attached hydrogen (secondary N) is 2. The van der Waals surface area contributed by atoms with Gasteiger partial charge >= 0.3 is 0 Å². The van der Waals surface area contributed by atoms with Crippen LogP contribution in [0.1, 0.15) is 55.8 Å². The van der Waals surface area contributed by atoms with Crippen LogP contribution in [0.15, 0.2) is 18.2 Å². The molecule has 0 bridgehead atoms. The molecule has 1 aliphatic rings. The Morgan fingerprint density at radius 2 is 2.00 bits per heavy atom. The van der Waals surface area contributed by atoms with E-state index in [-0.39, 0.29) is 17.4 Å². The van der Waals surface area contributed by atoms with Gasteiger partial charge < -0.3 is 10.6 Å². The van der Waals surface area contributed by atoms with Gasteiger partial charge in [0.2, 0.25) is 5.91 Å². The highest BCUT2D eigenvalue weighted by Gasteiger charge is 2.38. The van der Waals surface area contributed by atoms with Crippen LogP contribution in [-0.4, -0.2) is 19.0 Å². The molecule has 1 aromatic rings. The summed E-state index contributed by atoms with van der Waals surface area (Å²) in [5.74, 6) is 0.221. The standard InChI is InChI=1S/C18H28N2O/c1-5-18(8-10-19-11-9-18)17(21)20-15(4)16-7-6-13(2)12-14(16)3/h6-7,12,15,19H,5,8-11H2,1-4H3,(H,20,21). The molecule has 3 nitrogen and oxygen atoms in total. The molecule has 1 amide bonds. The lowest BCUT2D eigenvalue weighted by Gasteiger charge is -2.36. The van der Waals surface area contributed by atoms with Gasteiger partial charge in [-0.15, -0.1) is 0 Å². The molecule has 1 atom stereocenters. The van der Waals surface area contributed by atoms with E-state index < -0.39 is 0 Å². The first-order valence-electron chi connectivity index (χ1n) is 8.07. The summed E-state index contributed by atoms with van der Waals surface area (Å²) in [7, 11) is 0. The number of benzene rings is 1. The van der Waals surface area contributed by atoms with Crippen molar-refractivity contribution in [3.05, 3.63) is 34.9 Å². The SMILES string of the molecule is CCC1(C(=O)NC(C)c2ccc(C)cc2C)CCNCC1. The van der Waals surface area contributed by atoms with Crippen LogP contribution in [0.25, 0.3) is 0 Å². The largest absolute Gasteiger partial charge is 0.349 e. The van der Waals surface area contributed by atoms with Crippen molar-refractivity contribution in [2.24, 2.45) is 5.41 Å². The summed E-state index contributed by atoms with van der Waals surface area (Å²) in [6.45, 7) is 10.3. The van der Waals surface area contributed by atoms with Gasteiger partial charge in [-0.3, -0.25) is 4.79 Å². The van der Waals surface area contributed by atoms with Crippen molar-refractivity contribution in [2.45, 2.75) is 53.0 Å². The first kappa shape index (κ1) is 16.0. The third-order valence-corrected chi connectivity index (χ3v) is 4.96. The summed E-state index contributed by atoms with van der Waals surface area (Å²) in [5, 5.41) is 6.60. The van der Waals surface area contributed by atoms with Crippen LogP contribution in [0.5, 0.6) is 0 Å². The van der Waals surface area contributed by atoms with Crippen molar-refractivity contribution in [1.82, 2.24) is 10.6 Å². The summed E-state index contributed by atoms with van der Waals surface area (Å²) in [6.07, 6.45) is 2.80. The molecule has 1 fully saturated rings. The van der Waals surface area contributed by atoms with Crippen molar-refractivity contribution >= 4 is 5.91 Å². The average Bonchev–Trinajstić information content (AvgIpc) is 2.47. The predicted molar refractivity (Wildman–Crippen MR) is 87.3 cm³/mol. The first-order chi connectivity index (χ1) is 9.98. The number of rotatable bonds is 4. The van der Waals surface area contributed by atoms with Gasteiger partial charge in [0.1, 0.15) is 0 Å². The number of piperidine rings is 1. The Balaban J connectivity index is 2.10. The Kier molecular flexibility index (Phi) is 5.04. The molecule has 1 saturated heterocycles. The summed E-state index contributed by atoms with van der Waals surface area (Å²) in [6, 6.07) is 6.50. The fraction of sp³-hybridized carbons (Fsp3) is 0.611. The van der Waals surface area contributed by atoms with Crippen LogP contribution in [-0.2, 0) is 4.79 Å². The van der Waals surface area contributed by atoms with E-state index in [0.29, 0.717) is 0 Å². The van der Waals surface area contributed by atoms with E-state index in [0.717, 1.165) is 32.4 Å². The van der Waals surface area contributed by atoms with Gasteiger partial charge in [-0.05, 0) is 64.3 Å². The molecule has 1 unspecified atom stereocenters. The number of hydrogen-bond acceptors (Lipinski definition) is 2. The number of carbonyl (C=O) groups excluding carboxylic acids is 1. The average molecular weight is 288 g/mol. The second-order valence-corrected chi connectivity index (χ2v) is 6.44. The molecule has 2 N–H and O–H groups in total.